The average molecular weight is 357 g/mol. The summed E-state index contributed by atoms with van der Waals surface area (Å²) >= 11 is 3.19. The van der Waals surface area contributed by atoms with Crippen LogP contribution < -0.4 is 0 Å². The fourth-order valence-corrected chi connectivity index (χ4v) is 3.53. The maximum Gasteiger partial charge on any atom is 0.188 e. The van der Waals surface area contributed by atoms with Crippen molar-refractivity contribution < 1.29 is 17.6 Å². The molecular weight excluding hydrogens is 347 g/mol. The first kappa shape index (κ1) is 14.9. The Hall–Kier alpha value is -1.53. The van der Waals surface area contributed by atoms with E-state index in [0.29, 0.717) is 4.47 Å². The molecule has 0 saturated carbocycles. The second kappa shape index (κ2) is 5.85. The number of benzene rings is 2. The summed E-state index contributed by atoms with van der Waals surface area (Å²) in [6, 6.07) is 11.5. The SMILES string of the molecule is O=C(CS(=O)(=O)c1ccccc1F)c1ccccc1Br. The molecule has 104 valence electrons. The molecule has 3 nitrogen and oxygen atoms in total. The van der Waals surface area contributed by atoms with Gasteiger partial charge in [-0.1, -0.05) is 46.3 Å². The van der Waals surface area contributed by atoms with Crippen molar-refractivity contribution in [2.45, 2.75) is 4.90 Å². The van der Waals surface area contributed by atoms with Gasteiger partial charge < -0.3 is 0 Å². The fraction of sp³-hybridized carbons (Fsp3) is 0.0714. The van der Waals surface area contributed by atoms with Crippen LogP contribution in [0.25, 0.3) is 0 Å². The molecule has 6 heteroatoms. The Morgan fingerprint density at radius 2 is 1.65 bits per heavy atom. The molecule has 0 N–H and O–H groups in total. The van der Waals surface area contributed by atoms with Crippen LogP contribution in [0.5, 0.6) is 0 Å². The summed E-state index contributed by atoms with van der Waals surface area (Å²) in [5.74, 6) is -2.20. The molecule has 0 aromatic heterocycles. The van der Waals surface area contributed by atoms with Gasteiger partial charge in [-0.05, 0) is 18.2 Å². The predicted octanol–water partition coefficient (Wildman–Crippen LogP) is 3.24. The Balaban J connectivity index is 2.33. The van der Waals surface area contributed by atoms with E-state index in [1.54, 1.807) is 18.2 Å². The average Bonchev–Trinajstić information content (AvgIpc) is 2.38. The highest BCUT2D eigenvalue weighted by atomic mass is 79.9. The quantitative estimate of drug-likeness (QED) is 0.790. The number of rotatable bonds is 4. The molecule has 0 aliphatic heterocycles. The van der Waals surface area contributed by atoms with Crippen LogP contribution in [0.2, 0.25) is 0 Å². The van der Waals surface area contributed by atoms with Crippen molar-refractivity contribution in [2.75, 3.05) is 5.75 Å². The van der Waals surface area contributed by atoms with Gasteiger partial charge in [-0.25, -0.2) is 12.8 Å². The third kappa shape index (κ3) is 3.13. The van der Waals surface area contributed by atoms with Crippen LogP contribution in [0.15, 0.2) is 57.9 Å². The number of ketones is 1. The third-order valence-corrected chi connectivity index (χ3v) is 5.00. The monoisotopic (exact) mass is 356 g/mol. The molecule has 2 aromatic carbocycles. The topological polar surface area (TPSA) is 51.2 Å². The molecule has 0 spiro atoms. The summed E-state index contributed by atoms with van der Waals surface area (Å²) in [7, 11) is -4.00. The van der Waals surface area contributed by atoms with Crippen molar-refractivity contribution in [3.63, 3.8) is 0 Å². The Labute approximate surface area is 124 Å². The van der Waals surface area contributed by atoms with Crippen LogP contribution in [0.1, 0.15) is 10.4 Å². The summed E-state index contributed by atoms with van der Waals surface area (Å²) in [6.45, 7) is 0. The van der Waals surface area contributed by atoms with E-state index in [4.69, 9.17) is 0 Å². The molecule has 0 amide bonds. The van der Waals surface area contributed by atoms with E-state index in [1.807, 2.05) is 0 Å². The zero-order valence-electron chi connectivity index (χ0n) is 10.2. The van der Waals surface area contributed by atoms with Gasteiger partial charge >= 0.3 is 0 Å². The Morgan fingerprint density at radius 3 is 2.30 bits per heavy atom. The lowest BCUT2D eigenvalue weighted by Gasteiger charge is -2.06. The number of carbonyl (C=O) groups is 1. The van der Waals surface area contributed by atoms with Crippen molar-refractivity contribution in [3.8, 4) is 0 Å². The number of hydrogen-bond acceptors (Lipinski definition) is 3. The summed E-state index contributed by atoms with van der Waals surface area (Å²) in [5, 5.41) is 0. The van der Waals surface area contributed by atoms with Crippen molar-refractivity contribution in [1.82, 2.24) is 0 Å². The van der Waals surface area contributed by atoms with Crippen molar-refractivity contribution >= 4 is 31.6 Å². The molecule has 0 radical (unpaired) electrons. The summed E-state index contributed by atoms with van der Waals surface area (Å²) in [4.78, 5) is 11.6. The third-order valence-electron chi connectivity index (χ3n) is 2.67. The van der Waals surface area contributed by atoms with E-state index in [9.17, 15) is 17.6 Å². The van der Waals surface area contributed by atoms with Gasteiger partial charge in [0.25, 0.3) is 0 Å². The minimum Gasteiger partial charge on any atom is -0.293 e. The Bertz CT molecular complexity index is 757. The van der Waals surface area contributed by atoms with Crippen LogP contribution in [-0.2, 0) is 9.84 Å². The first-order valence-corrected chi connectivity index (χ1v) is 8.11. The van der Waals surface area contributed by atoms with E-state index in [0.717, 1.165) is 12.1 Å². The van der Waals surface area contributed by atoms with Gasteiger partial charge in [-0.3, -0.25) is 4.79 Å². The molecule has 2 rings (SSSR count). The minimum atomic E-state index is -4.00. The lowest BCUT2D eigenvalue weighted by atomic mass is 10.1. The number of Topliss-reactive ketones (excluding diaryl/α,β-unsaturated/α-hetero) is 1. The number of carbonyl (C=O) groups excluding carboxylic acids is 1. The van der Waals surface area contributed by atoms with Crippen LogP contribution in [0.4, 0.5) is 4.39 Å². The zero-order chi connectivity index (χ0) is 14.8. The highest BCUT2D eigenvalue weighted by Crippen LogP contribution is 2.20. The van der Waals surface area contributed by atoms with Crippen LogP contribution >= 0.6 is 15.9 Å². The molecule has 2 aromatic rings. The second-order valence-corrected chi connectivity index (χ2v) is 6.90. The van der Waals surface area contributed by atoms with Gasteiger partial charge in [-0.15, -0.1) is 0 Å². The lowest BCUT2D eigenvalue weighted by molar-refractivity contribution is 0.102. The molecule has 0 atom stereocenters. The number of sulfone groups is 1. The molecule has 0 aliphatic carbocycles. The molecule has 0 unspecified atom stereocenters. The molecule has 20 heavy (non-hydrogen) atoms. The number of hydrogen-bond donors (Lipinski definition) is 0. The molecule has 0 heterocycles. The Morgan fingerprint density at radius 1 is 1.05 bits per heavy atom. The van der Waals surface area contributed by atoms with Gasteiger partial charge in [-0.2, -0.15) is 0 Å². The largest absolute Gasteiger partial charge is 0.293 e. The Kier molecular flexibility index (Phi) is 4.35. The second-order valence-electron chi connectivity index (χ2n) is 4.09. The van der Waals surface area contributed by atoms with Crippen LogP contribution in [0.3, 0.4) is 0 Å². The van der Waals surface area contributed by atoms with Gasteiger partial charge in [0, 0.05) is 10.0 Å². The van der Waals surface area contributed by atoms with E-state index in [2.05, 4.69) is 15.9 Å². The zero-order valence-corrected chi connectivity index (χ0v) is 12.6. The predicted molar refractivity (Wildman–Crippen MR) is 76.9 cm³/mol. The van der Waals surface area contributed by atoms with E-state index >= 15 is 0 Å². The standard InChI is InChI=1S/C14H10BrFO3S/c15-11-6-2-1-5-10(11)13(17)9-20(18,19)14-8-4-3-7-12(14)16/h1-8H,9H2. The van der Waals surface area contributed by atoms with E-state index in [1.165, 1.54) is 18.2 Å². The normalized spacial score (nSPS) is 11.3. The van der Waals surface area contributed by atoms with Crippen LogP contribution in [-0.4, -0.2) is 20.0 Å². The lowest BCUT2D eigenvalue weighted by Crippen LogP contribution is -2.17. The summed E-state index contributed by atoms with van der Waals surface area (Å²) in [6.07, 6.45) is 0. The molecule has 0 aliphatic rings. The molecule has 0 fully saturated rings. The van der Waals surface area contributed by atoms with Crippen molar-refractivity contribution in [3.05, 3.63) is 64.4 Å². The maximum atomic E-state index is 13.5. The smallest absolute Gasteiger partial charge is 0.188 e. The van der Waals surface area contributed by atoms with Crippen LogP contribution in [0, 0.1) is 5.82 Å². The molecule has 0 saturated heterocycles. The van der Waals surface area contributed by atoms with Gasteiger partial charge in [0.15, 0.2) is 15.6 Å². The number of halogens is 2. The molecule has 0 bridgehead atoms. The maximum absolute atomic E-state index is 13.5. The summed E-state index contributed by atoms with van der Waals surface area (Å²) in [5.41, 5.74) is 0.257. The summed E-state index contributed by atoms with van der Waals surface area (Å²) < 4.78 is 38.2. The van der Waals surface area contributed by atoms with Crippen molar-refractivity contribution in [1.29, 1.82) is 0 Å². The first-order chi connectivity index (χ1) is 9.42. The van der Waals surface area contributed by atoms with Gasteiger partial charge in [0.1, 0.15) is 16.5 Å². The van der Waals surface area contributed by atoms with E-state index in [-0.39, 0.29) is 5.56 Å². The highest BCUT2D eigenvalue weighted by molar-refractivity contribution is 9.10. The first-order valence-electron chi connectivity index (χ1n) is 5.67. The van der Waals surface area contributed by atoms with Crippen molar-refractivity contribution in [2.24, 2.45) is 0 Å². The van der Waals surface area contributed by atoms with Gasteiger partial charge in [0.2, 0.25) is 0 Å². The minimum absolute atomic E-state index is 0.257. The van der Waals surface area contributed by atoms with E-state index < -0.39 is 32.1 Å². The van der Waals surface area contributed by atoms with Gasteiger partial charge in [0.05, 0.1) is 0 Å². The highest BCUT2D eigenvalue weighted by Gasteiger charge is 2.24. The fourth-order valence-electron chi connectivity index (χ4n) is 1.71. The molecular formula is C14H10BrFO3S.